The molecular formula is C19H31NO. The van der Waals surface area contributed by atoms with Crippen LogP contribution in [0.2, 0.25) is 0 Å². The van der Waals surface area contributed by atoms with Crippen LogP contribution in [0.4, 0.5) is 0 Å². The van der Waals surface area contributed by atoms with Crippen LogP contribution < -0.4 is 10.1 Å². The quantitative estimate of drug-likeness (QED) is 0.778. The average Bonchev–Trinajstić information content (AvgIpc) is 2.88. The normalized spacial score (nSPS) is 23.5. The number of rotatable bonds is 7. The summed E-state index contributed by atoms with van der Waals surface area (Å²) in [7, 11) is 0. The predicted molar refractivity (Wildman–Crippen MR) is 89.7 cm³/mol. The fourth-order valence-corrected chi connectivity index (χ4v) is 3.09. The predicted octanol–water partition coefficient (Wildman–Crippen LogP) is 4.81. The Balaban J connectivity index is 1.80. The summed E-state index contributed by atoms with van der Waals surface area (Å²) in [5.41, 5.74) is 1.34. The first-order valence-electron chi connectivity index (χ1n) is 8.52. The van der Waals surface area contributed by atoms with Gasteiger partial charge in [-0.05, 0) is 55.3 Å². The van der Waals surface area contributed by atoms with E-state index in [1.807, 2.05) is 0 Å². The van der Waals surface area contributed by atoms with Gasteiger partial charge in [-0.3, -0.25) is 0 Å². The lowest BCUT2D eigenvalue weighted by molar-refractivity contribution is 0.271. The molecule has 0 bridgehead atoms. The molecule has 1 aliphatic carbocycles. The van der Waals surface area contributed by atoms with Crippen LogP contribution in [0.1, 0.15) is 58.6 Å². The van der Waals surface area contributed by atoms with Crippen molar-refractivity contribution < 1.29 is 4.74 Å². The highest BCUT2D eigenvalue weighted by Gasteiger charge is 2.23. The second-order valence-corrected chi connectivity index (χ2v) is 7.07. The van der Waals surface area contributed by atoms with Crippen LogP contribution in [0.25, 0.3) is 0 Å². The van der Waals surface area contributed by atoms with E-state index in [2.05, 4.69) is 57.3 Å². The van der Waals surface area contributed by atoms with Gasteiger partial charge in [-0.25, -0.2) is 0 Å². The van der Waals surface area contributed by atoms with E-state index in [9.17, 15) is 0 Å². The highest BCUT2D eigenvalue weighted by molar-refractivity contribution is 5.28. The van der Waals surface area contributed by atoms with Crippen LogP contribution in [0.5, 0.6) is 5.75 Å². The molecule has 2 rings (SSSR count). The second-order valence-electron chi connectivity index (χ2n) is 7.07. The molecule has 2 heteroatoms. The van der Waals surface area contributed by atoms with Crippen molar-refractivity contribution in [2.75, 3.05) is 13.2 Å². The molecule has 118 valence electrons. The fraction of sp³-hybridized carbons (Fsp3) is 0.684. The van der Waals surface area contributed by atoms with Gasteiger partial charge >= 0.3 is 0 Å². The van der Waals surface area contributed by atoms with Gasteiger partial charge in [-0.2, -0.15) is 0 Å². The van der Waals surface area contributed by atoms with E-state index in [0.717, 1.165) is 30.7 Å². The van der Waals surface area contributed by atoms with Crippen molar-refractivity contribution in [3.05, 3.63) is 29.8 Å². The Morgan fingerprint density at radius 2 is 1.86 bits per heavy atom. The molecular weight excluding hydrogens is 258 g/mol. The molecule has 0 amide bonds. The third kappa shape index (κ3) is 5.03. The van der Waals surface area contributed by atoms with Crippen LogP contribution in [-0.2, 0) is 0 Å². The first-order valence-corrected chi connectivity index (χ1v) is 8.52. The Bertz CT molecular complexity index is 412. The molecule has 1 aromatic rings. The average molecular weight is 289 g/mol. The smallest absolute Gasteiger partial charge is 0.119 e. The molecule has 0 heterocycles. The van der Waals surface area contributed by atoms with Gasteiger partial charge in [0.2, 0.25) is 0 Å². The third-order valence-electron chi connectivity index (χ3n) is 4.69. The minimum absolute atomic E-state index is 0.414. The molecule has 1 N–H and O–H groups in total. The number of benzene rings is 1. The zero-order valence-electron chi connectivity index (χ0n) is 14.1. The molecule has 2 nitrogen and oxygen atoms in total. The van der Waals surface area contributed by atoms with Gasteiger partial charge in [0.1, 0.15) is 5.75 Å². The lowest BCUT2D eigenvalue weighted by Crippen LogP contribution is -2.26. The number of nitrogens with one attached hydrogen (secondary N) is 1. The summed E-state index contributed by atoms with van der Waals surface area (Å²) in [6.45, 7) is 10.9. The summed E-state index contributed by atoms with van der Waals surface area (Å²) in [5.74, 6) is 3.29. The Labute approximate surface area is 130 Å². The van der Waals surface area contributed by atoms with Crippen LogP contribution in [0.15, 0.2) is 24.3 Å². The van der Waals surface area contributed by atoms with Gasteiger partial charge in [0.25, 0.3) is 0 Å². The monoisotopic (exact) mass is 289 g/mol. The SMILES string of the molecule is CC(C)COc1ccc(C(C)NCC2CCCC2C)cc1. The zero-order chi connectivity index (χ0) is 15.2. The molecule has 21 heavy (non-hydrogen) atoms. The molecule has 1 aliphatic rings. The number of hydrogen-bond donors (Lipinski definition) is 1. The Morgan fingerprint density at radius 3 is 2.43 bits per heavy atom. The van der Waals surface area contributed by atoms with Gasteiger partial charge in [0.15, 0.2) is 0 Å². The maximum Gasteiger partial charge on any atom is 0.119 e. The molecule has 1 saturated carbocycles. The van der Waals surface area contributed by atoms with Gasteiger partial charge in [0, 0.05) is 6.04 Å². The van der Waals surface area contributed by atoms with E-state index in [1.165, 1.54) is 24.8 Å². The topological polar surface area (TPSA) is 21.3 Å². The molecule has 0 spiro atoms. The number of hydrogen-bond acceptors (Lipinski definition) is 2. The van der Waals surface area contributed by atoms with E-state index in [-0.39, 0.29) is 0 Å². The molecule has 0 radical (unpaired) electrons. The maximum atomic E-state index is 5.74. The highest BCUT2D eigenvalue weighted by atomic mass is 16.5. The molecule has 3 atom stereocenters. The molecule has 1 fully saturated rings. The van der Waals surface area contributed by atoms with E-state index >= 15 is 0 Å². The molecule has 0 aromatic heterocycles. The fourth-order valence-electron chi connectivity index (χ4n) is 3.09. The Hall–Kier alpha value is -1.02. The van der Waals surface area contributed by atoms with Crippen molar-refractivity contribution in [1.29, 1.82) is 0 Å². The molecule has 1 aromatic carbocycles. The van der Waals surface area contributed by atoms with E-state index in [1.54, 1.807) is 0 Å². The van der Waals surface area contributed by atoms with Crippen molar-refractivity contribution >= 4 is 0 Å². The van der Waals surface area contributed by atoms with Crippen molar-refractivity contribution in [1.82, 2.24) is 5.32 Å². The van der Waals surface area contributed by atoms with Crippen molar-refractivity contribution in [3.8, 4) is 5.75 Å². The Kier molecular flexibility index (Phi) is 6.10. The molecule has 3 unspecified atom stereocenters. The van der Waals surface area contributed by atoms with Gasteiger partial charge in [0.05, 0.1) is 6.61 Å². The minimum atomic E-state index is 0.414. The summed E-state index contributed by atoms with van der Waals surface area (Å²) in [5, 5.41) is 3.70. The second kappa shape index (κ2) is 7.84. The van der Waals surface area contributed by atoms with Crippen LogP contribution in [0, 0.1) is 17.8 Å². The maximum absolute atomic E-state index is 5.74. The minimum Gasteiger partial charge on any atom is -0.493 e. The lowest BCUT2D eigenvalue weighted by Gasteiger charge is -2.20. The van der Waals surface area contributed by atoms with Crippen molar-refractivity contribution in [2.24, 2.45) is 17.8 Å². The van der Waals surface area contributed by atoms with E-state index in [4.69, 9.17) is 4.74 Å². The Morgan fingerprint density at radius 1 is 1.14 bits per heavy atom. The van der Waals surface area contributed by atoms with Crippen LogP contribution in [-0.4, -0.2) is 13.2 Å². The molecule has 0 aliphatic heterocycles. The van der Waals surface area contributed by atoms with Crippen LogP contribution in [0.3, 0.4) is 0 Å². The lowest BCUT2D eigenvalue weighted by atomic mass is 9.97. The first-order chi connectivity index (χ1) is 10.1. The summed E-state index contributed by atoms with van der Waals surface area (Å²) >= 11 is 0. The van der Waals surface area contributed by atoms with Crippen molar-refractivity contribution in [2.45, 2.75) is 53.0 Å². The summed E-state index contributed by atoms with van der Waals surface area (Å²) in [4.78, 5) is 0. The van der Waals surface area contributed by atoms with Gasteiger partial charge < -0.3 is 10.1 Å². The van der Waals surface area contributed by atoms with Crippen molar-refractivity contribution in [3.63, 3.8) is 0 Å². The van der Waals surface area contributed by atoms with E-state index < -0.39 is 0 Å². The summed E-state index contributed by atoms with van der Waals surface area (Å²) < 4.78 is 5.74. The third-order valence-corrected chi connectivity index (χ3v) is 4.69. The van der Waals surface area contributed by atoms with Gasteiger partial charge in [-0.1, -0.05) is 45.7 Å². The standard InChI is InChI=1S/C19H31NO/c1-14(2)13-21-19-10-8-17(9-11-19)16(4)20-12-18-7-5-6-15(18)3/h8-11,14-16,18,20H,5-7,12-13H2,1-4H3. The largest absolute Gasteiger partial charge is 0.493 e. The first kappa shape index (κ1) is 16.4. The van der Waals surface area contributed by atoms with E-state index in [0.29, 0.717) is 12.0 Å². The summed E-state index contributed by atoms with van der Waals surface area (Å²) in [6.07, 6.45) is 4.20. The summed E-state index contributed by atoms with van der Waals surface area (Å²) in [6, 6.07) is 8.97. The van der Waals surface area contributed by atoms with Gasteiger partial charge in [-0.15, -0.1) is 0 Å². The zero-order valence-corrected chi connectivity index (χ0v) is 14.1. The number of ether oxygens (including phenoxy) is 1. The molecule has 0 saturated heterocycles. The highest BCUT2D eigenvalue weighted by Crippen LogP contribution is 2.31. The van der Waals surface area contributed by atoms with Crippen LogP contribution >= 0.6 is 0 Å².